The van der Waals surface area contributed by atoms with Gasteiger partial charge in [0.05, 0.1) is 4.47 Å². The highest BCUT2D eigenvalue weighted by Gasteiger charge is 2.05. The Bertz CT molecular complexity index is 325. The van der Waals surface area contributed by atoms with Crippen molar-refractivity contribution in [2.75, 3.05) is 18.5 Å². The number of aromatic nitrogens is 2. The van der Waals surface area contributed by atoms with Gasteiger partial charge >= 0.3 is 0 Å². The molecule has 1 aromatic heterocycles. The highest BCUT2D eigenvalue weighted by Crippen LogP contribution is 2.25. The van der Waals surface area contributed by atoms with Crippen molar-refractivity contribution >= 4 is 33.3 Å². The van der Waals surface area contributed by atoms with Crippen LogP contribution in [0.25, 0.3) is 0 Å². The van der Waals surface area contributed by atoms with Crippen LogP contribution in [0.15, 0.2) is 10.8 Å². The molecule has 16 heavy (non-hydrogen) atoms. The highest BCUT2D eigenvalue weighted by molar-refractivity contribution is 9.10. The van der Waals surface area contributed by atoms with Gasteiger partial charge in [0.25, 0.3) is 0 Å². The van der Waals surface area contributed by atoms with Crippen molar-refractivity contribution in [2.24, 2.45) is 0 Å². The molecule has 0 saturated carbocycles. The Balaban J connectivity index is 2.24. The minimum Gasteiger partial charge on any atom is -0.396 e. The fraction of sp³-hybridized carbons (Fsp3) is 0.600. The maximum absolute atomic E-state index is 8.61. The number of nitrogens with one attached hydrogen (secondary N) is 1. The Morgan fingerprint density at radius 2 is 2.00 bits per heavy atom. The van der Waals surface area contributed by atoms with Gasteiger partial charge in [0.2, 0.25) is 0 Å². The van der Waals surface area contributed by atoms with Gasteiger partial charge in [-0.3, -0.25) is 0 Å². The molecule has 1 aromatic rings. The first-order valence-corrected chi connectivity index (χ1v) is 6.43. The molecule has 0 aliphatic carbocycles. The molecule has 6 heteroatoms. The lowest BCUT2D eigenvalue weighted by molar-refractivity contribution is 0.283. The van der Waals surface area contributed by atoms with E-state index in [2.05, 4.69) is 31.2 Å². The first-order valence-electron chi connectivity index (χ1n) is 5.26. The third-order valence-corrected chi connectivity index (χ3v) is 3.39. The molecule has 0 spiro atoms. The average molecular weight is 309 g/mol. The smallest absolute Gasteiger partial charge is 0.148 e. The van der Waals surface area contributed by atoms with Crippen molar-refractivity contribution in [2.45, 2.75) is 25.7 Å². The molecule has 1 rings (SSSR count). The largest absolute Gasteiger partial charge is 0.396 e. The molecular weight excluding hydrogens is 293 g/mol. The Kier molecular flexibility index (Phi) is 6.68. The molecule has 0 aliphatic rings. The molecular formula is C10H15BrClN3O. The van der Waals surface area contributed by atoms with Crippen molar-refractivity contribution in [1.29, 1.82) is 0 Å². The van der Waals surface area contributed by atoms with Crippen LogP contribution in [0.3, 0.4) is 0 Å². The first kappa shape index (κ1) is 13.7. The maximum atomic E-state index is 8.61. The average Bonchev–Trinajstić information content (AvgIpc) is 2.29. The quantitative estimate of drug-likeness (QED) is 0.601. The van der Waals surface area contributed by atoms with Gasteiger partial charge in [0.15, 0.2) is 0 Å². The molecule has 2 N–H and O–H groups in total. The third kappa shape index (κ3) is 4.63. The number of aliphatic hydroxyl groups excluding tert-OH is 1. The summed E-state index contributed by atoms with van der Waals surface area (Å²) >= 11 is 9.15. The Labute approximate surface area is 109 Å². The monoisotopic (exact) mass is 307 g/mol. The van der Waals surface area contributed by atoms with E-state index in [0.717, 1.165) is 38.0 Å². The molecule has 0 aromatic carbocycles. The molecule has 0 bridgehead atoms. The highest BCUT2D eigenvalue weighted by atomic mass is 79.9. The van der Waals surface area contributed by atoms with Crippen LogP contribution in [0.1, 0.15) is 25.7 Å². The normalized spacial score (nSPS) is 10.4. The maximum Gasteiger partial charge on any atom is 0.148 e. The third-order valence-electron chi connectivity index (χ3n) is 2.12. The summed E-state index contributed by atoms with van der Waals surface area (Å²) in [5.74, 6) is 0.724. The van der Waals surface area contributed by atoms with E-state index in [9.17, 15) is 0 Å². The predicted molar refractivity (Wildman–Crippen MR) is 68.8 cm³/mol. The van der Waals surface area contributed by atoms with Gasteiger partial charge in [0, 0.05) is 13.2 Å². The van der Waals surface area contributed by atoms with Crippen LogP contribution in [0, 0.1) is 0 Å². The van der Waals surface area contributed by atoms with Crippen LogP contribution in [-0.2, 0) is 0 Å². The van der Waals surface area contributed by atoms with E-state index in [-0.39, 0.29) is 6.61 Å². The van der Waals surface area contributed by atoms with Crippen molar-refractivity contribution in [3.8, 4) is 0 Å². The number of anilines is 1. The second-order valence-electron chi connectivity index (χ2n) is 3.39. The Morgan fingerprint density at radius 3 is 2.75 bits per heavy atom. The lowest BCUT2D eigenvalue weighted by Gasteiger charge is -2.07. The molecule has 0 unspecified atom stereocenters. The molecule has 0 saturated heterocycles. The zero-order valence-electron chi connectivity index (χ0n) is 8.92. The Hall–Kier alpha value is -0.390. The second kappa shape index (κ2) is 7.81. The van der Waals surface area contributed by atoms with Crippen LogP contribution in [-0.4, -0.2) is 28.2 Å². The molecule has 1 heterocycles. The van der Waals surface area contributed by atoms with Crippen molar-refractivity contribution in [3.63, 3.8) is 0 Å². The number of rotatable bonds is 7. The fourth-order valence-electron chi connectivity index (χ4n) is 1.27. The zero-order chi connectivity index (χ0) is 11.8. The van der Waals surface area contributed by atoms with E-state index >= 15 is 0 Å². The standard InChI is InChI=1S/C10H15BrClN3O/c11-8-9(12)14-7-15-10(8)13-5-3-1-2-4-6-16/h7,16H,1-6H2,(H,13,14,15). The number of unbranched alkanes of at least 4 members (excludes halogenated alkanes) is 3. The van der Waals surface area contributed by atoms with E-state index in [4.69, 9.17) is 16.7 Å². The van der Waals surface area contributed by atoms with Gasteiger partial charge in [0.1, 0.15) is 17.3 Å². The summed E-state index contributed by atoms with van der Waals surface area (Å²) < 4.78 is 0.701. The van der Waals surface area contributed by atoms with Gasteiger partial charge in [-0.25, -0.2) is 9.97 Å². The lowest BCUT2D eigenvalue weighted by Crippen LogP contribution is -2.04. The SMILES string of the molecule is OCCCCCCNc1ncnc(Cl)c1Br. The van der Waals surface area contributed by atoms with Crippen LogP contribution < -0.4 is 5.32 Å². The molecule has 0 aliphatic heterocycles. The summed E-state index contributed by atoms with van der Waals surface area (Å²) in [6.07, 6.45) is 5.52. The van der Waals surface area contributed by atoms with E-state index in [0.29, 0.717) is 9.63 Å². The number of hydrogen-bond donors (Lipinski definition) is 2. The molecule has 0 atom stereocenters. The molecule has 4 nitrogen and oxygen atoms in total. The number of halogens is 2. The van der Waals surface area contributed by atoms with Gasteiger partial charge in [-0.2, -0.15) is 0 Å². The molecule has 90 valence electrons. The summed E-state index contributed by atoms with van der Waals surface area (Å²) in [4.78, 5) is 7.93. The Morgan fingerprint density at radius 1 is 1.25 bits per heavy atom. The van der Waals surface area contributed by atoms with Crippen LogP contribution in [0.5, 0.6) is 0 Å². The summed E-state index contributed by atoms with van der Waals surface area (Å²) in [6.45, 7) is 1.12. The van der Waals surface area contributed by atoms with Crippen LogP contribution in [0.4, 0.5) is 5.82 Å². The summed E-state index contributed by atoms with van der Waals surface area (Å²) in [6, 6.07) is 0. The van der Waals surface area contributed by atoms with E-state index < -0.39 is 0 Å². The predicted octanol–water partition coefficient (Wildman–Crippen LogP) is 2.86. The minimum atomic E-state index is 0.278. The van der Waals surface area contributed by atoms with Crippen LogP contribution in [0.2, 0.25) is 5.15 Å². The molecule has 0 radical (unpaired) electrons. The van der Waals surface area contributed by atoms with Crippen molar-refractivity contribution in [3.05, 3.63) is 16.0 Å². The van der Waals surface area contributed by atoms with Crippen molar-refractivity contribution < 1.29 is 5.11 Å². The summed E-state index contributed by atoms with van der Waals surface area (Å²) in [5, 5.41) is 12.2. The number of hydrogen-bond acceptors (Lipinski definition) is 4. The minimum absolute atomic E-state index is 0.278. The number of nitrogens with zero attached hydrogens (tertiary/aromatic N) is 2. The molecule has 0 amide bonds. The van der Waals surface area contributed by atoms with Gasteiger partial charge < -0.3 is 10.4 Å². The summed E-state index contributed by atoms with van der Waals surface area (Å²) in [7, 11) is 0. The lowest BCUT2D eigenvalue weighted by atomic mass is 10.2. The summed E-state index contributed by atoms with van der Waals surface area (Å²) in [5.41, 5.74) is 0. The second-order valence-corrected chi connectivity index (χ2v) is 4.54. The number of aliphatic hydroxyl groups is 1. The van der Waals surface area contributed by atoms with Gasteiger partial charge in [-0.05, 0) is 28.8 Å². The van der Waals surface area contributed by atoms with E-state index in [1.165, 1.54) is 6.33 Å². The van der Waals surface area contributed by atoms with Gasteiger partial charge in [-0.15, -0.1) is 0 Å². The van der Waals surface area contributed by atoms with E-state index in [1.807, 2.05) is 0 Å². The topological polar surface area (TPSA) is 58.0 Å². The van der Waals surface area contributed by atoms with E-state index in [1.54, 1.807) is 0 Å². The molecule has 0 fully saturated rings. The fourth-order valence-corrected chi connectivity index (χ4v) is 1.75. The van der Waals surface area contributed by atoms with Gasteiger partial charge in [-0.1, -0.05) is 24.4 Å². The van der Waals surface area contributed by atoms with Crippen molar-refractivity contribution in [1.82, 2.24) is 9.97 Å². The zero-order valence-corrected chi connectivity index (χ0v) is 11.3. The first-order chi connectivity index (χ1) is 7.75. The van der Waals surface area contributed by atoms with Crippen LogP contribution >= 0.6 is 27.5 Å².